The lowest BCUT2D eigenvalue weighted by Gasteiger charge is -2.27. The van der Waals surface area contributed by atoms with Crippen LogP contribution in [-0.4, -0.2) is 24.6 Å². The van der Waals surface area contributed by atoms with Gasteiger partial charge in [-0.2, -0.15) is 0 Å². The Hall–Kier alpha value is -3.28. The van der Waals surface area contributed by atoms with Gasteiger partial charge in [0.05, 0.1) is 12.2 Å². The van der Waals surface area contributed by atoms with Crippen LogP contribution in [0.3, 0.4) is 0 Å². The van der Waals surface area contributed by atoms with Crippen LogP contribution in [0.25, 0.3) is 6.08 Å². The van der Waals surface area contributed by atoms with Crippen molar-refractivity contribution in [3.05, 3.63) is 65.2 Å². The summed E-state index contributed by atoms with van der Waals surface area (Å²) in [7, 11) is 0. The van der Waals surface area contributed by atoms with Gasteiger partial charge in [-0.3, -0.25) is 0 Å². The smallest absolute Gasteiger partial charge is 0.338 e. The fraction of sp³-hybridized carbons (Fsp3) is 0.385. The van der Waals surface area contributed by atoms with Crippen molar-refractivity contribution in [3.8, 4) is 0 Å². The second-order valence-corrected chi connectivity index (χ2v) is 8.34. The Balaban J connectivity index is 1.43. The van der Waals surface area contributed by atoms with E-state index in [1.54, 1.807) is 36.4 Å². The average molecular weight is 437 g/mol. The van der Waals surface area contributed by atoms with E-state index in [2.05, 4.69) is 6.92 Å². The van der Waals surface area contributed by atoms with Crippen LogP contribution in [0, 0.1) is 5.92 Å². The molecule has 1 fully saturated rings. The molecule has 2 aromatic carbocycles. The van der Waals surface area contributed by atoms with Crippen LogP contribution in [0.5, 0.6) is 0 Å². The first kappa shape index (κ1) is 23.4. The van der Waals surface area contributed by atoms with Crippen molar-refractivity contribution in [2.24, 2.45) is 5.92 Å². The fourth-order valence-electron chi connectivity index (χ4n) is 3.98. The molecule has 1 aliphatic rings. The topological polar surface area (TPSA) is 105 Å². The quantitative estimate of drug-likeness (QED) is 0.351. The van der Waals surface area contributed by atoms with E-state index >= 15 is 0 Å². The van der Waals surface area contributed by atoms with Crippen LogP contribution in [-0.2, 0) is 20.7 Å². The van der Waals surface area contributed by atoms with Gasteiger partial charge in [-0.25, -0.2) is 9.59 Å². The largest absolute Gasteiger partial charge is 0.462 e. The maximum absolute atomic E-state index is 12.4. The molecule has 32 heavy (non-hydrogen) atoms. The van der Waals surface area contributed by atoms with Crippen LogP contribution in [0.4, 0.5) is 11.4 Å². The van der Waals surface area contributed by atoms with Gasteiger partial charge >= 0.3 is 11.9 Å². The minimum atomic E-state index is -0.437. The predicted molar refractivity (Wildman–Crippen MR) is 127 cm³/mol. The molecule has 2 aromatic rings. The second kappa shape index (κ2) is 11.4. The first-order chi connectivity index (χ1) is 15.4. The molecule has 0 amide bonds. The standard InChI is InChI=1S/C26H32N2O4/c1-2-18-5-10-24(11-6-18)32-26(30)21-8-3-19(4-9-21)7-12-25(29)31-14-13-20-15-22(27)17-23(28)16-20/h3-4,7-9,12,15-18,24H,2,5-6,10-11,13-14,27-28H2,1H3/b12-7+. The molecule has 0 radical (unpaired) electrons. The Labute approximate surface area is 189 Å². The van der Waals surface area contributed by atoms with Crippen LogP contribution in [0.15, 0.2) is 48.5 Å². The summed E-state index contributed by atoms with van der Waals surface area (Å²) >= 11 is 0. The summed E-state index contributed by atoms with van der Waals surface area (Å²) in [6, 6.07) is 12.3. The van der Waals surface area contributed by atoms with Crippen molar-refractivity contribution in [1.82, 2.24) is 0 Å². The molecule has 3 rings (SSSR count). The highest BCUT2D eigenvalue weighted by Gasteiger charge is 2.23. The number of ether oxygens (including phenoxy) is 2. The van der Waals surface area contributed by atoms with Crippen LogP contribution < -0.4 is 11.5 Å². The molecule has 1 aliphatic carbocycles. The number of benzene rings is 2. The lowest BCUT2D eigenvalue weighted by molar-refractivity contribution is -0.137. The summed E-state index contributed by atoms with van der Waals surface area (Å²) < 4.78 is 10.9. The van der Waals surface area contributed by atoms with Crippen molar-refractivity contribution in [2.75, 3.05) is 18.1 Å². The monoisotopic (exact) mass is 436 g/mol. The summed E-state index contributed by atoms with van der Waals surface area (Å²) in [5.74, 6) is 0.0359. The van der Waals surface area contributed by atoms with E-state index in [9.17, 15) is 9.59 Å². The SMILES string of the molecule is CCC1CCC(OC(=O)c2ccc(/C=C/C(=O)OCCc3cc(N)cc(N)c3)cc2)CC1. The van der Waals surface area contributed by atoms with E-state index in [1.165, 1.54) is 12.5 Å². The second-order valence-electron chi connectivity index (χ2n) is 8.34. The van der Waals surface area contributed by atoms with Gasteiger partial charge in [0.1, 0.15) is 6.10 Å². The predicted octanol–water partition coefficient (Wildman–Crippen LogP) is 4.78. The number of nitrogens with two attached hydrogens (primary N) is 2. The summed E-state index contributed by atoms with van der Waals surface area (Å²) in [6.07, 6.45) is 8.91. The van der Waals surface area contributed by atoms with Crippen molar-refractivity contribution in [2.45, 2.75) is 51.6 Å². The van der Waals surface area contributed by atoms with Crippen molar-refractivity contribution in [3.63, 3.8) is 0 Å². The number of rotatable bonds is 8. The summed E-state index contributed by atoms with van der Waals surface area (Å²) in [5.41, 5.74) is 14.9. The molecular weight excluding hydrogens is 404 g/mol. The molecule has 0 atom stereocenters. The van der Waals surface area contributed by atoms with Crippen molar-refractivity contribution < 1.29 is 19.1 Å². The zero-order valence-corrected chi connectivity index (χ0v) is 18.6. The van der Waals surface area contributed by atoms with Gasteiger partial charge < -0.3 is 20.9 Å². The van der Waals surface area contributed by atoms with Gasteiger partial charge in [0.2, 0.25) is 0 Å². The maximum Gasteiger partial charge on any atom is 0.338 e. The van der Waals surface area contributed by atoms with Crippen LogP contribution in [0.1, 0.15) is 60.5 Å². The van der Waals surface area contributed by atoms with Crippen LogP contribution >= 0.6 is 0 Å². The highest BCUT2D eigenvalue weighted by atomic mass is 16.5. The minimum absolute atomic E-state index is 0.0170. The lowest BCUT2D eigenvalue weighted by atomic mass is 9.86. The number of carbonyl (C=O) groups is 2. The number of hydrogen-bond donors (Lipinski definition) is 2. The Morgan fingerprint density at radius 3 is 2.28 bits per heavy atom. The summed E-state index contributed by atoms with van der Waals surface area (Å²) in [4.78, 5) is 24.3. The van der Waals surface area contributed by atoms with Gasteiger partial charge in [0.25, 0.3) is 0 Å². The summed E-state index contributed by atoms with van der Waals surface area (Å²) in [6.45, 7) is 2.45. The lowest BCUT2D eigenvalue weighted by Crippen LogP contribution is -2.24. The van der Waals surface area contributed by atoms with Crippen molar-refractivity contribution in [1.29, 1.82) is 0 Å². The first-order valence-electron chi connectivity index (χ1n) is 11.2. The normalized spacial score (nSPS) is 18.4. The average Bonchev–Trinajstić information content (AvgIpc) is 2.78. The molecule has 0 bridgehead atoms. The third kappa shape index (κ3) is 7.15. The Bertz CT molecular complexity index is 925. The molecule has 1 saturated carbocycles. The molecule has 6 nitrogen and oxygen atoms in total. The molecule has 0 saturated heterocycles. The zero-order chi connectivity index (χ0) is 22.9. The Kier molecular flexibility index (Phi) is 8.31. The zero-order valence-electron chi connectivity index (χ0n) is 18.6. The van der Waals surface area contributed by atoms with Gasteiger partial charge in [-0.15, -0.1) is 0 Å². The number of nitrogen functional groups attached to an aromatic ring is 2. The third-order valence-corrected chi connectivity index (χ3v) is 5.88. The van der Waals surface area contributed by atoms with Crippen LogP contribution in [0.2, 0.25) is 0 Å². The van der Waals surface area contributed by atoms with E-state index in [0.29, 0.717) is 23.4 Å². The van der Waals surface area contributed by atoms with Gasteiger partial charge in [0, 0.05) is 23.9 Å². The van der Waals surface area contributed by atoms with E-state index in [4.69, 9.17) is 20.9 Å². The fourth-order valence-corrected chi connectivity index (χ4v) is 3.98. The van der Waals surface area contributed by atoms with E-state index < -0.39 is 5.97 Å². The molecule has 4 N–H and O–H groups in total. The molecule has 0 heterocycles. The van der Waals surface area contributed by atoms with E-state index in [1.807, 2.05) is 12.1 Å². The maximum atomic E-state index is 12.4. The highest BCUT2D eigenvalue weighted by Crippen LogP contribution is 2.28. The molecule has 6 heteroatoms. The van der Waals surface area contributed by atoms with Gasteiger partial charge in [-0.05, 0) is 79.1 Å². The van der Waals surface area contributed by atoms with Crippen molar-refractivity contribution >= 4 is 29.4 Å². The first-order valence-corrected chi connectivity index (χ1v) is 11.2. The number of esters is 2. The molecular formula is C26H32N2O4. The Morgan fingerprint density at radius 2 is 1.66 bits per heavy atom. The molecule has 0 aliphatic heterocycles. The van der Waals surface area contributed by atoms with E-state index in [0.717, 1.165) is 42.7 Å². The van der Waals surface area contributed by atoms with E-state index in [-0.39, 0.29) is 18.7 Å². The minimum Gasteiger partial charge on any atom is -0.462 e. The third-order valence-electron chi connectivity index (χ3n) is 5.88. The number of carbonyl (C=O) groups excluding carboxylic acids is 2. The number of anilines is 2. The highest BCUT2D eigenvalue weighted by molar-refractivity contribution is 5.90. The molecule has 0 aromatic heterocycles. The summed E-state index contributed by atoms with van der Waals surface area (Å²) in [5, 5.41) is 0. The number of hydrogen-bond acceptors (Lipinski definition) is 6. The van der Waals surface area contributed by atoms with Gasteiger partial charge in [-0.1, -0.05) is 25.5 Å². The molecule has 0 unspecified atom stereocenters. The molecule has 0 spiro atoms. The molecule has 170 valence electrons. The Morgan fingerprint density at radius 1 is 1.00 bits per heavy atom. The van der Waals surface area contributed by atoms with Gasteiger partial charge in [0.15, 0.2) is 0 Å².